The highest BCUT2D eigenvalue weighted by Gasteiger charge is 2.73. The van der Waals surface area contributed by atoms with Crippen molar-refractivity contribution in [1.29, 1.82) is 0 Å². The molecule has 0 bridgehead atoms. The zero-order valence-corrected chi connectivity index (χ0v) is 28.0. The molecule has 0 radical (unpaired) electrons. The van der Waals surface area contributed by atoms with Crippen molar-refractivity contribution in [3.05, 3.63) is 22.8 Å². The zero-order chi connectivity index (χ0) is 33.9. The summed E-state index contributed by atoms with van der Waals surface area (Å²) in [6.45, 7) is 13.0. The van der Waals surface area contributed by atoms with Gasteiger partial charge in [-0.2, -0.15) is 0 Å². The van der Waals surface area contributed by atoms with Crippen LogP contribution >= 0.6 is 0 Å². The normalized spacial score (nSPS) is 46.3. The Bertz CT molecular complexity index is 1390. The summed E-state index contributed by atoms with van der Waals surface area (Å²) in [4.78, 5) is 14.7. The molecular weight excluding hydrogens is 596 g/mol. The number of ketones is 1. The summed E-state index contributed by atoms with van der Waals surface area (Å²) < 4.78 is 17.8. The number of rotatable bonds is 5. The lowest BCUT2D eigenvalue weighted by molar-refractivity contribution is -0.277. The number of ether oxygens (including phenoxy) is 3. The molecular formula is C35H52O11. The van der Waals surface area contributed by atoms with Crippen LogP contribution in [0.1, 0.15) is 90.3 Å². The molecule has 2 aliphatic heterocycles. The molecule has 0 aromatic heterocycles. The van der Waals surface area contributed by atoms with Crippen molar-refractivity contribution in [3.63, 3.8) is 0 Å². The van der Waals surface area contributed by atoms with Crippen LogP contribution in [0.4, 0.5) is 0 Å². The SMILES string of the molecule is Cc1c(O)c(O[C@@H]2O[C@H](CO)[C@@H](O)[C@H](O)[C@H]2O)cc2c1CC[C@@H]1[C@@]2(C)C(=O)C[C@]2(C)[C@@H]([C@](C)(O)C3CCC(C)(C)O3)[C@H](O)C[C@@]12C. The maximum absolute atomic E-state index is 14.7. The number of Topliss-reactive ketones (excluding diaryl/α,β-unsaturated/α-hetero) is 1. The van der Waals surface area contributed by atoms with Crippen LogP contribution < -0.4 is 4.74 Å². The monoisotopic (exact) mass is 648 g/mol. The molecule has 11 nitrogen and oxygen atoms in total. The van der Waals surface area contributed by atoms with Crippen molar-refractivity contribution in [1.82, 2.24) is 0 Å². The second-order valence-electron chi connectivity index (χ2n) is 16.3. The van der Waals surface area contributed by atoms with Gasteiger partial charge in [0.2, 0.25) is 6.29 Å². The first-order valence-electron chi connectivity index (χ1n) is 16.7. The van der Waals surface area contributed by atoms with Crippen LogP contribution in [-0.4, -0.2) is 102 Å². The van der Waals surface area contributed by atoms with Gasteiger partial charge in [-0.1, -0.05) is 13.8 Å². The van der Waals surface area contributed by atoms with E-state index in [1.165, 1.54) is 0 Å². The Kier molecular flexibility index (Phi) is 8.02. The number of fused-ring (bicyclic) bond motifs is 5. The molecule has 4 fully saturated rings. The highest BCUT2D eigenvalue weighted by atomic mass is 16.7. The molecule has 46 heavy (non-hydrogen) atoms. The second kappa shape index (κ2) is 10.8. The van der Waals surface area contributed by atoms with Crippen molar-refractivity contribution < 1.29 is 54.8 Å². The molecule has 0 spiro atoms. The predicted molar refractivity (Wildman–Crippen MR) is 165 cm³/mol. The molecule has 1 aromatic carbocycles. The third-order valence-corrected chi connectivity index (χ3v) is 13.3. The first-order valence-corrected chi connectivity index (χ1v) is 16.7. The van der Waals surface area contributed by atoms with Gasteiger partial charge in [0.05, 0.1) is 35.4 Å². The van der Waals surface area contributed by atoms with E-state index in [1.54, 1.807) is 19.9 Å². The van der Waals surface area contributed by atoms with Crippen LogP contribution in [0.2, 0.25) is 0 Å². The predicted octanol–water partition coefficient (Wildman–Crippen LogP) is 1.77. The molecule has 11 heteroatoms. The van der Waals surface area contributed by atoms with Gasteiger partial charge in [0.1, 0.15) is 30.2 Å². The zero-order valence-electron chi connectivity index (χ0n) is 28.0. The standard InChI is InChI=1S/C35H52O11/c1-16-17-8-9-22-32(4)13-19(37)29(35(7,43)24-10-11-31(2,3)46-24)33(32,5)14-23(38)34(22,6)18(17)12-20(25(16)39)44-30-28(42)27(41)26(40)21(15-36)45-30/h12,19,21-22,24,26-30,36-37,39-43H,8-11,13-15H2,1-7H3/t19-,21-,22+,24?,26-,27+,28-,29+,30-,32+,33-,34+,35-/m1/s1. The van der Waals surface area contributed by atoms with Crippen molar-refractivity contribution in [2.75, 3.05) is 6.61 Å². The molecule has 258 valence electrons. The fourth-order valence-corrected chi connectivity index (χ4v) is 10.6. The van der Waals surface area contributed by atoms with E-state index in [9.17, 15) is 40.5 Å². The fraction of sp³-hybridized carbons (Fsp3) is 0.800. The molecule has 2 saturated carbocycles. The average Bonchev–Trinajstić information content (AvgIpc) is 3.45. The molecule has 1 unspecified atom stereocenters. The maximum atomic E-state index is 14.7. The van der Waals surface area contributed by atoms with Gasteiger partial charge in [0, 0.05) is 12.3 Å². The molecule has 3 aliphatic carbocycles. The Labute approximate surface area is 270 Å². The molecule has 6 rings (SSSR count). The molecule has 5 aliphatic rings. The number of hydrogen-bond acceptors (Lipinski definition) is 11. The summed E-state index contributed by atoms with van der Waals surface area (Å²) in [7, 11) is 0. The number of carbonyl (C=O) groups excluding carboxylic acids is 1. The summed E-state index contributed by atoms with van der Waals surface area (Å²) >= 11 is 0. The van der Waals surface area contributed by atoms with Crippen LogP contribution in [0, 0.1) is 29.6 Å². The average molecular weight is 649 g/mol. The van der Waals surface area contributed by atoms with E-state index in [0.717, 1.165) is 12.0 Å². The number of aliphatic hydroxyl groups is 6. The smallest absolute Gasteiger partial charge is 0.229 e. The minimum absolute atomic E-state index is 0.0233. The van der Waals surface area contributed by atoms with Crippen molar-refractivity contribution in [2.45, 2.75) is 147 Å². The number of hydrogen-bond donors (Lipinski definition) is 7. The number of aliphatic hydroxyl groups excluding tert-OH is 5. The minimum atomic E-state index is -1.67. The third kappa shape index (κ3) is 4.56. The largest absolute Gasteiger partial charge is 0.504 e. The Morgan fingerprint density at radius 3 is 2.30 bits per heavy atom. The Morgan fingerprint density at radius 2 is 1.70 bits per heavy atom. The highest BCUT2D eigenvalue weighted by Crippen LogP contribution is 2.72. The molecule has 13 atom stereocenters. The lowest BCUT2D eigenvalue weighted by atomic mass is 9.41. The summed E-state index contributed by atoms with van der Waals surface area (Å²) in [6.07, 6.45) is -5.69. The molecule has 7 N–H and O–H groups in total. The first-order chi connectivity index (χ1) is 21.2. The van der Waals surface area contributed by atoms with E-state index in [2.05, 4.69) is 6.92 Å². The van der Waals surface area contributed by atoms with E-state index in [-0.39, 0.29) is 35.2 Å². The van der Waals surface area contributed by atoms with Crippen molar-refractivity contribution in [2.24, 2.45) is 22.7 Å². The van der Waals surface area contributed by atoms with Gasteiger partial charge in [-0.15, -0.1) is 0 Å². The molecule has 2 heterocycles. The number of phenols is 1. The first kappa shape index (κ1) is 34.0. The maximum Gasteiger partial charge on any atom is 0.229 e. The van der Waals surface area contributed by atoms with Crippen LogP contribution in [-0.2, 0) is 26.1 Å². The number of benzene rings is 1. The van der Waals surface area contributed by atoms with E-state index < -0.39 is 77.3 Å². The fourth-order valence-electron chi connectivity index (χ4n) is 10.6. The summed E-state index contributed by atoms with van der Waals surface area (Å²) in [5.74, 6) is -1.07. The summed E-state index contributed by atoms with van der Waals surface area (Å²) in [6, 6.07) is 1.61. The van der Waals surface area contributed by atoms with Crippen LogP contribution in [0.3, 0.4) is 0 Å². The Balaban J connectivity index is 1.38. The van der Waals surface area contributed by atoms with Gasteiger partial charge >= 0.3 is 0 Å². The van der Waals surface area contributed by atoms with Gasteiger partial charge in [0.25, 0.3) is 0 Å². The number of carbonyl (C=O) groups is 1. The molecule has 0 amide bonds. The molecule has 2 saturated heterocycles. The van der Waals surface area contributed by atoms with E-state index in [4.69, 9.17) is 14.2 Å². The van der Waals surface area contributed by atoms with Crippen molar-refractivity contribution in [3.8, 4) is 11.5 Å². The second-order valence-corrected chi connectivity index (χ2v) is 16.3. The number of aromatic hydroxyl groups is 1. The number of phenolic OH excluding ortho intramolecular Hbond substituents is 1. The van der Waals surface area contributed by atoms with Gasteiger partial charge in [-0.25, -0.2) is 0 Å². The minimum Gasteiger partial charge on any atom is -0.504 e. The lowest BCUT2D eigenvalue weighted by Gasteiger charge is -2.62. The van der Waals surface area contributed by atoms with Gasteiger partial charge in [0.15, 0.2) is 11.5 Å². The van der Waals surface area contributed by atoms with E-state index in [1.807, 2.05) is 27.7 Å². The van der Waals surface area contributed by atoms with Gasteiger partial charge < -0.3 is 50.0 Å². The Hall–Kier alpha value is -1.83. The highest BCUT2D eigenvalue weighted by molar-refractivity contribution is 5.93. The Morgan fingerprint density at radius 1 is 1.02 bits per heavy atom. The molecule has 1 aromatic rings. The topological polar surface area (TPSA) is 186 Å². The van der Waals surface area contributed by atoms with Crippen LogP contribution in [0.15, 0.2) is 6.07 Å². The van der Waals surface area contributed by atoms with Crippen LogP contribution in [0.25, 0.3) is 0 Å². The summed E-state index contributed by atoms with van der Waals surface area (Å²) in [5.41, 5.74) is -1.98. The van der Waals surface area contributed by atoms with Crippen LogP contribution in [0.5, 0.6) is 11.5 Å². The van der Waals surface area contributed by atoms with Crippen molar-refractivity contribution >= 4 is 5.78 Å². The van der Waals surface area contributed by atoms with Gasteiger partial charge in [-0.3, -0.25) is 4.79 Å². The van der Waals surface area contributed by atoms with E-state index in [0.29, 0.717) is 36.8 Å². The lowest BCUT2D eigenvalue weighted by Crippen LogP contribution is -2.64. The third-order valence-electron chi connectivity index (χ3n) is 13.3. The summed E-state index contributed by atoms with van der Waals surface area (Å²) in [5, 5.41) is 75.9. The van der Waals surface area contributed by atoms with E-state index >= 15 is 0 Å². The van der Waals surface area contributed by atoms with Gasteiger partial charge in [-0.05, 0) is 106 Å². The quantitative estimate of drug-likeness (QED) is 0.247.